The van der Waals surface area contributed by atoms with E-state index >= 15 is 0 Å². The maximum Gasteiger partial charge on any atom is 0.283 e. The molecule has 2 amide bonds. The maximum absolute atomic E-state index is 11.5. The molecule has 0 spiro atoms. The molecule has 1 rings (SSSR count). The van der Waals surface area contributed by atoms with Gasteiger partial charge in [-0.25, -0.2) is 0 Å². The van der Waals surface area contributed by atoms with Crippen LogP contribution in [0.5, 0.6) is 0 Å². The summed E-state index contributed by atoms with van der Waals surface area (Å²) >= 11 is 0. The van der Waals surface area contributed by atoms with E-state index in [1.54, 1.807) is 30.3 Å². The second-order valence-corrected chi connectivity index (χ2v) is 4.83. The van der Waals surface area contributed by atoms with E-state index in [-0.39, 0.29) is 6.54 Å². The van der Waals surface area contributed by atoms with Crippen LogP contribution < -0.4 is 10.6 Å². The molecule has 1 aromatic carbocycles. The van der Waals surface area contributed by atoms with Crippen molar-refractivity contribution >= 4 is 21.9 Å². The van der Waals surface area contributed by atoms with Crippen molar-refractivity contribution in [3.05, 3.63) is 35.9 Å². The van der Waals surface area contributed by atoms with E-state index in [9.17, 15) is 18.0 Å². The molecule has 0 aliphatic heterocycles. The van der Waals surface area contributed by atoms with Crippen molar-refractivity contribution < 1.29 is 22.6 Å². The standard InChI is InChI=1S/C10H12N2O5S/c13-9(12-7-18(15,16)17)6-11-10(14)8-4-2-1-3-5-8/h1-5H,6-7H2,(H,11,14)(H,12,13)(H,15,16,17). The molecule has 98 valence electrons. The van der Waals surface area contributed by atoms with Crippen LogP contribution in [0.25, 0.3) is 0 Å². The van der Waals surface area contributed by atoms with Crippen molar-refractivity contribution in [3.63, 3.8) is 0 Å². The molecule has 1 aromatic rings. The minimum absolute atomic E-state index is 0.372. The van der Waals surface area contributed by atoms with Crippen LogP contribution in [-0.4, -0.2) is 37.2 Å². The van der Waals surface area contributed by atoms with Gasteiger partial charge in [0.1, 0.15) is 5.88 Å². The zero-order chi connectivity index (χ0) is 13.6. The van der Waals surface area contributed by atoms with Crippen molar-refractivity contribution in [3.8, 4) is 0 Å². The molecule has 7 nitrogen and oxygen atoms in total. The van der Waals surface area contributed by atoms with Crippen LogP contribution in [0.2, 0.25) is 0 Å². The van der Waals surface area contributed by atoms with Gasteiger partial charge in [0.05, 0.1) is 6.54 Å². The lowest BCUT2D eigenvalue weighted by Crippen LogP contribution is -2.38. The Morgan fingerprint density at radius 3 is 2.28 bits per heavy atom. The van der Waals surface area contributed by atoms with Crippen molar-refractivity contribution in [1.29, 1.82) is 0 Å². The summed E-state index contributed by atoms with van der Waals surface area (Å²) in [5.74, 6) is -2.04. The molecule has 0 aliphatic rings. The number of carbonyl (C=O) groups excluding carboxylic acids is 2. The smallest absolute Gasteiger partial charge is 0.283 e. The number of nitrogens with one attached hydrogen (secondary N) is 2. The molecule has 0 saturated heterocycles. The number of benzene rings is 1. The van der Waals surface area contributed by atoms with Crippen molar-refractivity contribution in [2.75, 3.05) is 12.4 Å². The highest BCUT2D eigenvalue weighted by molar-refractivity contribution is 7.85. The maximum atomic E-state index is 11.5. The highest BCUT2D eigenvalue weighted by atomic mass is 32.2. The van der Waals surface area contributed by atoms with Crippen LogP contribution in [-0.2, 0) is 14.9 Å². The SMILES string of the molecule is O=C(CNC(=O)c1ccccc1)NCS(=O)(=O)O. The first-order valence-electron chi connectivity index (χ1n) is 4.93. The lowest BCUT2D eigenvalue weighted by Gasteiger charge is -2.05. The van der Waals surface area contributed by atoms with E-state index in [0.29, 0.717) is 5.56 Å². The largest absolute Gasteiger partial charge is 0.343 e. The van der Waals surface area contributed by atoms with Gasteiger partial charge in [-0.3, -0.25) is 14.1 Å². The number of hydrogen-bond acceptors (Lipinski definition) is 4. The second kappa shape index (κ2) is 6.12. The Kier molecular flexibility index (Phi) is 4.81. The first-order chi connectivity index (χ1) is 8.38. The number of hydrogen-bond donors (Lipinski definition) is 3. The normalized spacial score (nSPS) is 10.7. The summed E-state index contributed by atoms with van der Waals surface area (Å²) in [6.07, 6.45) is 0. The lowest BCUT2D eigenvalue weighted by atomic mass is 10.2. The predicted molar refractivity (Wildman–Crippen MR) is 63.3 cm³/mol. The summed E-state index contributed by atoms with van der Waals surface area (Å²) in [7, 11) is -4.25. The van der Waals surface area contributed by atoms with Crippen LogP contribution in [0.3, 0.4) is 0 Å². The molecular weight excluding hydrogens is 260 g/mol. The molecule has 0 aromatic heterocycles. The molecule has 0 aliphatic carbocycles. The molecule has 8 heteroatoms. The Bertz CT molecular complexity index is 526. The fourth-order valence-corrected chi connectivity index (χ4v) is 1.43. The van der Waals surface area contributed by atoms with Gasteiger partial charge in [-0.1, -0.05) is 18.2 Å². The number of rotatable bonds is 5. The van der Waals surface area contributed by atoms with Gasteiger partial charge in [0.25, 0.3) is 16.0 Å². The molecule has 3 N–H and O–H groups in total. The molecule has 0 fully saturated rings. The second-order valence-electron chi connectivity index (χ2n) is 3.37. The third-order valence-corrected chi connectivity index (χ3v) is 2.41. The highest BCUT2D eigenvalue weighted by Crippen LogP contribution is 1.97. The summed E-state index contributed by atoms with van der Waals surface area (Å²) in [4.78, 5) is 22.6. The van der Waals surface area contributed by atoms with Crippen LogP contribution in [0.15, 0.2) is 30.3 Å². The average Bonchev–Trinajstić information content (AvgIpc) is 2.33. The number of carbonyl (C=O) groups is 2. The molecular formula is C10H12N2O5S. The Morgan fingerprint density at radius 1 is 1.11 bits per heavy atom. The van der Waals surface area contributed by atoms with E-state index in [1.807, 2.05) is 5.32 Å². The fraction of sp³-hybridized carbons (Fsp3) is 0.200. The van der Waals surface area contributed by atoms with E-state index in [0.717, 1.165) is 0 Å². The summed E-state index contributed by atoms with van der Waals surface area (Å²) in [5, 5.41) is 4.25. The van der Waals surface area contributed by atoms with Gasteiger partial charge in [0.2, 0.25) is 5.91 Å². The average molecular weight is 272 g/mol. The third-order valence-electron chi connectivity index (χ3n) is 1.90. The highest BCUT2D eigenvalue weighted by Gasteiger charge is 2.10. The van der Waals surface area contributed by atoms with Crippen LogP contribution in [0.4, 0.5) is 0 Å². The van der Waals surface area contributed by atoms with Crippen molar-refractivity contribution in [2.24, 2.45) is 0 Å². The Balaban J connectivity index is 2.37. The van der Waals surface area contributed by atoms with Crippen molar-refractivity contribution in [1.82, 2.24) is 10.6 Å². The number of amides is 2. The zero-order valence-electron chi connectivity index (χ0n) is 9.29. The van der Waals surface area contributed by atoms with Crippen LogP contribution in [0, 0.1) is 0 Å². The summed E-state index contributed by atoms with van der Waals surface area (Å²) in [6.45, 7) is -0.372. The lowest BCUT2D eigenvalue weighted by molar-refractivity contribution is -0.119. The molecule has 0 heterocycles. The van der Waals surface area contributed by atoms with Gasteiger partial charge < -0.3 is 10.6 Å². The minimum atomic E-state index is -4.25. The quantitative estimate of drug-likeness (QED) is 0.618. The van der Waals surface area contributed by atoms with E-state index in [1.165, 1.54) is 0 Å². The van der Waals surface area contributed by atoms with E-state index in [4.69, 9.17) is 4.55 Å². The first kappa shape index (κ1) is 14.1. The Hall–Kier alpha value is -1.93. The van der Waals surface area contributed by atoms with Gasteiger partial charge in [-0.15, -0.1) is 0 Å². The first-order valence-corrected chi connectivity index (χ1v) is 6.54. The minimum Gasteiger partial charge on any atom is -0.343 e. The molecule has 0 bridgehead atoms. The van der Waals surface area contributed by atoms with Gasteiger partial charge in [0.15, 0.2) is 0 Å². The van der Waals surface area contributed by atoms with Crippen LogP contribution in [0.1, 0.15) is 10.4 Å². The molecule has 0 saturated carbocycles. The van der Waals surface area contributed by atoms with Gasteiger partial charge in [0, 0.05) is 5.56 Å². The van der Waals surface area contributed by atoms with E-state index < -0.39 is 27.8 Å². The Labute approximate surface area is 104 Å². The van der Waals surface area contributed by atoms with Gasteiger partial charge in [-0.05, 0) is 12.1 Å². The molecule has 0 radical (unpaired) electrons. The van der Waals surface area contributed by atoms with Gasteiger partial charge in [-0.2, -0.15) is 8.42 Å². The molecule has 18 heavy (non-hydrogen) atoms. The van der Waals surface area contributed by atoms with Gasteiger partial charge >= 0.3 is 0 Å². The topological polar surface area (TPSA) is 113 Å². The van der Waals surface area contributed by atoms with Crippen LogP contribution >= 0.6 is 0 Å². The van der Waals surface area contributed by atoms with Crippen molar-refractivity contribution in [2.45, 2.75) is 0 Å². The fourth-order valence-electron chi connectivity index (χ4n) is 1.09. The zero-order valence-corrected chi connectivity index (χ0v) is 10.1. The molecule has 0 atom stereocenters. The summed E-state index contributed by atoms with van der Waals surface area (Å²) in [6, 6.07) is 8.24. The van der Waals surface area contributed by atoms with E-state index in [2.05, 4.69) is 5.32 Å². The summed E-state index contributed by atoms with van der Waals surface area (Å²) in [5.41, 5.74) is 0.389. The molecule has 0 unspecified atom stereocenters. The summed E-state index contributed by atoms with van der Waals surface area (Å²) < 4.78 is 29.1. The predicted octanol–water partition coefficient (Wildman–Crippen LogP) is -0.622. The third kappa shape index (κ3) is 5.41. The monoisotopic (exact) mass is 272 g/mol. The Morgan fingerprint density at radius 2 is 1.72 bits per heavy atom.